The van der Waals surface area contributed by atoms with Gasteiger partial charge in [-0.25, -0.2) is 13.2 Å². The first-order chi connectivity index (χ1) is 15.1. The first-order valence-corrected chi connectivity index (χ1v) is 11.3. The Bertz CT molecular complexity index is 1100. The number of aliphatic imine (C=N–C) groups is 1. The Morgan fingerprint density at radius 1 is 1.22 bits per heavy atom. The molecule has 2 aromatic rings. The third-order valence-electron chi connectivity index (χ3n) is 5.90. The number of rotatable bonds is 5. The maximum atomic E-state index is 15.3. The standard InChI is InChI=1S/C22H20BrF3N2O3S/c1-20(15-10-13(23)6-9-16(15)24)17-21(18(29)31-3,22(17,25)26)32-19(28-20)27-11-12-4-7-14(30-2)8-5-12/h4-10,17H,11H2,1-3H3,(H,27,28)/t17-,20-,21-/m1/s1. The quantitative estimate of drug-likeness (QED) is 0.560. The molecule has 3 atom stereocenters. The molecule has 1 aliphatic carbocycles. The van der Waals surface area contributed by atoms with Crippen molar-refractivity contribution in [1.82, 2.24) is 5.32 Å². The van der Waals surface area contributed by atoms with Gasteiger partial charge in [-0.2, -0.15) is 0 Å². The molecule has 1 heterocycles. The smallest absolute Gasteiger partial charge is 0.329 e. The van der Waals surface area contributed by atoms with Crippen molar-refractivity contribution < 1.29 is 27.4 Å². The number of carbonyl (C=O) groups excluding carboxylic acids is 1. The van der Waals surface area contributed by atoms with Crippen LogP contribution in [0.15, 0.2) is 51.9 Å². The molecule has 0 bridgehead atoms. The average molecular weight is 529 g/mol. The third-order valence-corrected chi connectivity index (χ3v) is 7.82. The highest BCUT2D eigenvalue weighted by molar-refractivity contribution is 9.10. The molecule has 170 valence electrons. The second-order valence-corrected chi connectivity index (χ2v) is 9.93. The lowest BCUT2D eigenvalue weighted by Crippen LogP contribution is -2.41. The molecule has 10 heteroatoms. The summed E-state index contributed by atoms with van der Waals surface area (Å²) in [5.41, 5.74) is -0.869. The van der Waals surface area contributed by atoms with Gasteiger partial charge in [0.25, 0.3) is 5.92 Å². The predicted molar refractivity (Wildman–Crippen MR) is 119 cm³/mol. The van der Waals surface area contributed by atoms with E-state index >= 15 is 8.78 Å². The van der Waals surface area contributed by atoms with Crippen molar-refractivity contribution in [1.29, 1.82) is 0 Å². The van der Waals surface area contributed by atoms with Crippen LogP contribution in [0, 0.1) is 11.7 Å². The Labute approximate surface area is 195 Å². The van der Waals surface area contributed by atoms with Gasteiger partial charge >= 0.3 is 5.97 Å². The Morgan fingerprint density at radius 2 is 1.91 bits per heavy atom. The van der Waals surface area contributed by atoms with Gasteiger partial charge in [0.2, 0.25) is 0 Å². The minimum Gasteiger partial charge on any atom is -0.497 e. The number of amidine groups is 1. The molecular weight excluding hydrogens is 509 g/mol. The summed E-state index contributed by atoms with van der Waals surface area (Å²) < 4.78 is 53.5. The summed E-state index contributed by atoms with van der Waals surface area (Å²) in [5, 5.41) is 3.14. The van der Waals surface area contributed by atoms with Crippen LogP contribution in [-0.2, 0) is 21.6 Å². The van der Waals surface area contributed by atoms with Crippen LogP contribution in [0.1, 0.15) is 18.1 Å². The maximum absolute atomic E-state index is 15.3. The normalized spacial score (nSPS) is 27.7. The van der Waals surface area contributed by atoms with Crippen molar-refractivity contribution >= 4 is 38.8 Å². The topological polar surface area (TPSA) is 59.9 Å². The van der Waals surface area contributed by atoms with Gasteiger partial charge in [-0.3, -0.25) is 9.79 Å². The summed E-state index contributed by atoms with van der Waals surface area (Å²) in [6, 6.07) is 11.3. The number of esters is 1. The molecule has 32 heavy (non-hydrogen) atoms. The first kappa shape index (κ1) is 23.0. The number of nitrogens with one attached hydrogen (secondary N) is 1. The van der Waals surface area contributed by atoms with Crippen molar-refractivity contribution in [2.24, 2.45) is 10.9 Å². The lowest BCUT2D eigenvalue weighted by molar-refractivity contribution is -0.143. The molecule has 0 amide bonds. The fourth-order valence-electron chi connectivity index (χ4n) is 4.25. The monoisotopic (exact) mass is 528 g/mol. The highest BCUT2D eigenvalue weighted by atomic mass is 79.9. The molecule has 0 saturated heterocycles. The number of alkyl halides is 2. The van der Waals surface area contributed by atoms with Crippen molar-refractivity contribution in [2.45, 2.75) is 29.7 Å². The van der Waals surface area contributed by atoms with Crippen LogP contribution in [0.4, 0.5) is 13.2 Å². The first-order valence-electron chi connectivity index (χ1n) is 9.67. The highest BCUT2D eigenvalue weighted by Gasteiger charge is 2.92. The number of thioether (sulfide) groups is 1. The van der Waals surface area contributed by atoms with Gasteiger partial charge in [0, 0.05) is 16.6 Å². The van der Waals surface area contributed by atoms with Crippen molar-refractivity contribution in [3.05, 3.63) is 63.9 Å². The molecule has 1 saturated carbocycles. The zero-order chi connectivity index (χ0) is 23.3. The van der Waals surface area contributed by atoms with E-state index in [2.05, 4.69) is 26.2 Å². The Hall–Kier alpha value is -2.20. The predicted octanol–water partition coefficient (Wildman–Crippen LogP) is 4.88. The number of fused-ring (bicyclic) bond motifs is 1. The van der Waals surface area contributed by atoms with Gasteiger partial charge in [-0.05, 0) is 42.8 Å². The fraction of sp³-hybridized carbons (Fsp3) is 0.364. The number of hydrogen-bond acceptors (Lipinski definition) is 6. The van der Waals surface area contributed by atoms with E-state index in [1.54, 1.807) is 19.2 Å². The molecule has 2 aromatic carbocycles. The number of benzene rings is 2. The second-order valence-electron chi connectivity index (χ2n) is 7.78. The van der Waals surface area contributed by atoms with Crippen molar-refractivity contribution in [3.8, 4) is 5.75 Å². The van der Waals surface area contributed by atoms with Gasteiger partial charge in [0.15, 0.2) is 9.91 Å². The zero-order valence-corrected chi connectivity index (χ0v) is 19.8. The summed E-state index contributed by atoms with van der Waals surface area (Å²) >= 11 is 3.90. The minimum atomic E-state index is -3.44. The number of carbonyl (C=O) groups is 1. The van der Waals surface area contributed by atoms with Crippen LogP contribution >= 0.6 is 27.7 Å². The Kier molecular flexibility index (Phi) is 5.73. The zero-order valence-electron chi connectivity index (χ0n) is 17.4. The van der Waals surface area contributed by atoms with Crippen LogP contribution in [0.3, 0.4) is 0 Å². The minimum absolute atomic E-state index is 0.0219. The molecule has 4 rings (SSSR count). The molecule has 2 aliphatic rings. The molecule has 1 aliphatic heterocycles. The van der Waals surface area contributed by atoms with Gasteiger partial charge in [-0.1, -0.05) is 39.8 Å². The van der Waals surface area contributed by atoms with Crippen molar-refractivity contribution in [3.63, 3.8) is 0 Å². The SMILES string of the molecule is COC(=O)[C@]12SC(NCc3ccc(OC)cc3)=N[C@](C)(c3cc(Br)ccc3F)[C@H]1C2(F)F. The van der Waals surface area contributed by atoms with E-state index in [1.807, 2.05) is 12.1 Å². The van der Waals surface area contributed by atoms with E-state index in [0.29, 0.717) is 22.0 Å². The number of hydrogen-bond donors (Lipinski definition) is 1. The van der Waals surface area contributed by atoms with Gasteiger partial charge in [0.05, 0.1) is 25.7 Å². The molecule has 0 spiro atoms. The molecule has 1 fully saturated rings. The Balaban J connectivity index is 1.74. The molecule has 0 unspecified atom stereocenters. The second kappa shape index (κ2) is 7.98. The molecule has 0 aromatic heterocycles. The number of halogens is 4. The lowest BCUT2D eigenvalue weighted by Gasteiger charge is -2.33. The fourth-order valence-corrected chi connectivity index (χ4v) is 6.16. The summed E-state index contributed by atoms with van der Waals surface area (Å²) in [5.74, 6) is -6.06. The van der Waals surface area contributed by atoms with E-state index in [1.165, 1.54) is 25.1 Å². The van der Waals surface area contributed by atoms with Crippen LogP contribution in [0.2, 0.25) is 0 Å². The third kappa shape index (κ3) is 3.39. The van der Waals surface area contributed by atoms with Gasteiger partial charge in [0.1, 0.15) is 11.6 Å². The van der Waals surface area contributed by atoms with E-state index in [4.69, 9.17) is 9.47 Å². The largest absolute Gasteiger partial charge is 0.497 e. The van der Waals surface area contributed by atoms with Gasteiger partial charge in [-0.15, -0.1) is 0 Å². The number of nitrogens with zero attached hydrogens (tertiary/aromatic N) is 1. The molecule has 1 N–H and O–H groups in total. The van der Waals surface area contributed by atoms with E-state index in [0.717, 1.165) is 12.7 Å². The van der Waals surface area contributed by atoms with Gasteiger partial charge < -0.3 is 14.8 Å². The molecule has 5 nitrogen and oxygen atoms in total. The maximum Gasteiger partial charge on any atom is 0.329 e. The number of ether oxygens (including phenoxy) is 2. The van der Waals surface area contributed by atoms with Crippen molar-refractivity contribution in [2.75, 3.05) is 14.2 Å². The molecular formula is C22H20BrF3N2O3S. The van der Waals surface area contributed by atoms with Crippen LogP contribution in [-0.4, -0.2) is 36.0 Å². The van der Waals surface area contributed by atoms with Crippen LogP contribution in [0.5, 0.6) is 5.75 Å². The summed E-state index contributed by atoms with van der Waals surface area (Å²) in [6.45, 7) is 1.69. The Morgan fingerprint density at radius 3 is 2.53 bits per heavy atom. The lowest BCUT2D eigenvalue weighted by atomic mass is 9.85. The van der Waals surface area contributed by atoms with Crippen LogP contribution in [0.25, 0.3) is 0 Å². The highest BCUT2D eigenvalue weighted by Crippen LogP contribution is 2.75. The van der Waals surface area contributed by atoms with E-state index < -0.39 is 33.9 Å². The summed E-state index contributed by atoms with van der Waals surface area (Å²) in [6.07, 6.45) is 0. The van der Waals surface area contributed by atoms with E-state index in [9.17, 15) is 9.18 Å². The number of methoxy groups -OCH3 is 2. The summed E-state index contributed by atoms with van der Waals surface area (Å²) in [7, 11) is 2.62. The molecule has 0 radical (unpaired) electrons. The summed E-state index contributed by atoms with van der Waals surface area (Å²) in [4.78, 5) is 17.1. The average Bonchev–Trinajstić information content (AvgIpc) is 3.30. The van der Waals surface area contributed by atoms with Crippen LogP contribution < -0.4 is 10.1 Å². The van der Waals surface area contributed by atoms with E-state index in [-0.39, 0.29) is 17.3 Å².